The highest BCUT2D eigenvalue weighted by Crippen LogP contribution is 2.48. The number of benzene rings is 8. The van der Waals surface area contributed by atoms with Gasteiger partial charge in [-0.25, -0.2) is 0 Å². The molecule has 4 aromatic heterocycles. The molecule has 0 radical (unpaired) electrons. The van der Waals surface area contributed by atoms with Crippen molar-refractivity contribution in [1.82, 2.24) is 0 Å². The molecule has 12 aromatic rings. The summed E-state index contributed by atoms with van der Waals surface area (Å²) in [6.07, 6.45) is 0. The highest BCUT2D eigenvalue weighted by molar-refractivity contribution is 8.76. The van der Waals surface area contributed by atoms with Gasteiger partial charge in [-0.15, -0.1) is 58.0 Å². The second kappa shape index (κ2) is 15.3. The summed E-state index contributed by atoms with van der Waals surface area (Å²) in [5.41, 5.74) is 0. The summed E-state index contributed by atoms with van der Waals surface area (Å²) in [4.78, 5) is 3.77. The van der Waals surface area contributed by atoms with Gasteiger partial charge in [-0.05, 0) is 48.5 Å². The van der Waals surface area contributed by atoms with Crippen LogP contribution in [0.1, 0.15) is 0 Å². The Kier molecular flexibility index (Phi) is 9.78. The molecular formula is C48H30S7. The summed E-state index contributed by atoms with van der Waals surface area (Å²) in [7, 11) is 3.75. The molecule has 0 atom stereocenters. The van der Waals surface area contributed by atoms with Crippen LogP contribution in [0.4, 0.5) is 0 Å². The normalized spacial score (nSPS) is 11.5. The Morgan fingerprint density at radius 3 is 0.982 bits per heavy atom. The molecule has 0 spiro atoms. The average molecular weight is 831 g/mol. The number of hydrogen-bond acceptors (Lipinski definition) is 7. The molecule has 4 heterocycles. The summed E-state index contributed by atoms with van der Waals surface area (Å²) < 4.78 is 10.9. The fraction of sp³-hybridized carbons (Fsp3) is 0. The first-order chi connectivity index (χ1) is 27.2. The van der Waals surface area contributed by atoms with Crippen molar-refractivity contribution in [2.45, 2.75) is 14.7 Å². The molecule has 0 nitrogen and oxygen atoms in total. The Bertz CT molecular complexity index is 3140. The summed E-state index contributed by atoms with van der Waals surface area (Å²) in [5.74, 6) is 0. The van der Waals surface area contributed by atoms with E-state index in [0.717, 1.165) is 4.90 Å². The van der Waals surface area contributed by atoms with Crippen molar-refractivity contribution in [3.63, 3.8) is 0 Å². The van der Waals surface area contributed by atoms with Gasteiger partial charge >= 0.3 is 0 Å². The summed E-state index contributed by atoms with van der Waals surface area (Å²) in [6, 6.07) is 62.7. The Labute approximate surface area is 347 Å². The van der Waals surface area contributed by atoms with E-state index in [-0.39, 0.29) is 0 Å². The lowest BCUT2D eigenvalue weighted by Crippen LogP contribution is -1.72. The second-order valence-electron chi connectivity index (χ2n) is 13.0. The van der Waals surface area contributed by atoms with Gasteiger partial charge in [-0.1, -0.05) is 149 Å². The molecule has 0 bridgehead atoms. The van der Waals surface area contributed by atoms with Crippen molar-refractivity contribution in [3.05, 3.63) is 176 Å². The molecule has 55 heavy (non-hydrogen) atoms. The Hall–Kier alpha value is -4.31. The van der Waals surface area contributed by atoms with Crippen LogP contribution in [0.5, 0.6) is 0 Å². The van der Waals surface area contributed by atoms with Crippen molar-refractivity contribution in [3.8, 4) is 0 Å². The van der Waals surface area contributed by atoms with E-state index in [2.05, 4.69) is 182 Å². The van der Waals surface area contributed by atoms with Gasteiger partial charge in [0.25, 0.3) is 0 Å². The van der Waals surface area contributed by atoms with Crippen LogP contribution in [0.3, 0.4) is 0 Å². The monoisotopic (exact) mass is 830 g/mol. The van der Waals surface area contributed by atoms with Crippen LogP contribution < -0.4 is 0 Å². The zero-order valence-corrected chi connectivity index (χ0v) is 34.9. The highest BCUT2D eigenvalue weighted by atomic mass is 33.1. The van der Waals surface area contributed by atoms with Crippen LogP contribution in [-0.4, -0.2) is 0 Å². The van der Waals surface area contributed by atoms with E-state index in [1.54, 1.807) is 0 Å². The number of fused-ring (bicyclic) bond motifs is 12. The predicted octanol–water partition coefficient (Wildman–Crippen LogP) is 17.6. The van der Waals surface area contributed by atoms with Crippen molar-refractivity contribution < 1.29 is 0 Å². The molecule has 8 aromatic carbocycles. The Morgan fingerprint density at radius 2 is 0.564 bits per heavy atom. The van der Waals surface area contributed by atoms with Gasteiger partial charge in [-0.2, -0.15) is 0 Å². The van der Waals surface area contributed by atoms with Crippen molar-refractivity contribution in [1.29, 1.82) is 0 Å². The molecule has 0 unspecified atom stereocenters. The zero-order valence-electron chi connectivity index (χ0n) is 29.1. The first-order valence-electron chi connectivity index (χ1n) is 17.8. The molecular weight excluding hydrogens is 801 g/mol. The molecule has 0 N–H and O–H groups in total. The lowest BCUT2D eigenvalue weighted by molar-refractivity contribution is 1.60. The van der Waals surface area contributed by atoms with Crippen LogP contribution in [0.25, 0.3) is 80.7 Å². The largest absolute Gasteiger partial charge is 0.142 e. The third-order valence-electron chi connectivity index (χ3n) is 9.63. The minimum atomic E-state index is 1.07. The van der Waals surface area contributed by atoms with Gasteiger partial charge in [0.1, 0.15) is 0 Å². The maximum atomic E-state index is 4.47. The van der Waals surface area contributed by atoms with E-state index in [0.29, 0.717) is 0 Å². The maximum absolute atomic E-state index is 4.47. The molecule has 12 rings (SSSR count). The summed E-state index contributed by atoms with van der Waals surface area (Å²) in [6.45, 7) is 0. The second-order valence-corrected chi connectivity index (χ2v) is 19.9. The van der Waals surface area contributed by atoms with Gasteiger partial charge < -0.3 is 0 Å². The van der Waals surface area contributed by atoms with Gasteiger partial charge in [0.15, 0.2) is 0 Å². The standard InChI is InChI=1S/C24H14S4.C12H8S2.C12H8S/c1-3-11-19-15(7-1)17-9-5-13-21(23(17)25-19)27-28-22-14-6-10-18-16-8-2-4-12-20(16)26-24(18)22;13-10-6-3-5-9-8-4-1-2-7-11(8)14-12(9)10;1-3-7-11-9(5-1)10-6-2-4-8-12(10)13-11/h1-14H;1-7,13H;1-8H. The maximum Gasteiger partial charge on any atom is 0.0500 e. The summed E-state index contributed by atoms with van der Waals surface area (Å²) in [5, 5.41) is 10.9. The topological polar surface area (TPSA) is 0 Å². The molecule has 0 amide bonds. The van der Waals surface area contributed by atoms with Crippen molar-refractivity contribution in [2.24, 2.45) is 0 Å². The number of thiol groups is 1. The van der Waals surface area contributed by atoms with Gasteiger partial charge in [0.2, 0.25) is 0 Å². The fourth-order valence-corrected chi connectivity index (χ4v) is 14.9. The summed E-state index contributed by atoms with van der Waals surface area (Å²) >= 11 is 11.9. The first-order valence-corrected chi connectivity index (χ1v) is 23.7. The first kappa shape index (κ1) is 35.1. The zero-order chi connectivity index (χ0) is 36.7. The van der Waals surface area contributed by atoms with E-state index >= 15 is 0 Å². The van der Waals surface area contributed by atoms with Gasteiger partial charge in [-0.3, -0.25) is 0 Å². The van der Waals surface area contributed by atoms with Gasteiger partial charge in [0, 0.05) is 95.4 Å². The lowest BCUT2D eigenvalue weighted by Gasteiger charge is -2.04. The third-order valence-corrected chi connectivity index (χ3v) is 17.7. The molecule has 0 fully saturated rings. The van der Waals surface area contributed by atoms with E-state index in [1.807, 2.05) is 73.0 Å². The highest BCUT2D eigenvalue weighted by Gasteiger charge is 2.13. The van der Waals surface area contributed by atoms with E-state index in [9.17, 15) is 0 Å². The number of thiophene rings is 4. The number of rotatable bonds is 3. The SMILES string of the molecule is Sc1cccc2c1sc1ccccc12.c1ccc2c(c1)sc1c(SSc3cccc4c3sc3ccccc34)cccc12.c1ccc2c(c1)sc1ccccc12. The van der Waals surface area contributed by atoms with Crippen LogP contribution >= 0.6 is 79.6 Å². The molecule has 7 heteroatoms. The predicted molar refractivity (Wildman–Crippen MR) is 256 cm³/mol. The molecule has 0 saturated heterocycles. The number of hydrogen-bond donors (Lipinski definition) is 1. The quantitative estimate of drug-likeness (QED) is 0.139. The smallest absolute Gasteiger partial charge is 0.0500 e. The van der Waals surface area contributed by atoms with E-state index < -0.39 is 0 Å². The van der Waals surface area contributed by atoms with E-state index in [4.69, 9.17) is 0 Å². The molecule has 0 saturated carbocycles. The molecule has 0 aliphatic carbocycles. The lowest BCUT2D eigenvalue weighted by atomic mass is 10.1. The van der Waals surface area contributed by atoms with Crippen molar-refractivity contribution >= 4 is 160 Å². The van der Waals surface area contributed by atoms with Crippen LogP contribution in [0.15, 0.2) is 191 Å². The van der Waals surface area contributed by atoms with Crippen molar-refractivity contribution in [2.75, 3.05) is 0 Å². The minimum absolute atomic E-state index is 1.07. The average Bonchev–Trinajstić information content (AvgIpc) is 4.01. The Morgan fingerprint density at radius 1 is 0.273 bits per heavy atom. The van der Waals surface area contributed by atoms with E-state index in [1.165, 1.54) is 90.5 Å². The molecule has 264 valence electrons. The van der Waals surface area contributed by atoms with Crippen LogP contribution in [0, 0.1) is 0 Å². The minimum Gasteiger partial charge on any atom is -0.142 e. The molecule has 0 aliphatic heterocycles. The van der Waals surface area contributed by atoms with Gasteiger partial charge in [0.05, 0.1) is 0 Å². The molecule has 0 aliphatic rings. The fourth-order valence-electron chi connectivity index (χ4n) is 7.07. The van der Waals surface area contributed by atoms with Crippen LogP contribution in [0.2, 0.25) is 0 Å². The third kappa shape index (κ3) is 6.72. The van der Waals surface area contributed by atoms with Crippen LogP contribution in [-0.2, 0) is 0 Å². The Balaban J connectivity index is 0.000000115.